The summed E-state index contributed by atoms with van der Waals surface area (Å²) in [6.45, 7) is 1.99. The van der Waals surface area contributed by atoms with Crippen LogP contribution in [0.1, 0.15) is 45.4 Å². The van der Waals surface area contributed by atoms with Crippen LogP contribution in [-0.2, 0) is 18.9 Å². The monoisotopic (exact) mass is 424 g/mol. The van der Waals surface area contributed by atoms with Crippen LogP contribution >= 0.6 is 0 Å². The normalized spacial score (nSPS) is 40.9. The second-order valence-electron chi connectivity index (χ2n) is 7.74. The predicted molar refractivity (Wildman–Crippen MR) is 99.7 cm³/mol. The Kier molecular flexibility index (Phi) is 10.7. The maximum atomic E-state index is 10.1. The minimum absolute atomic E-state index is 0.220. The summed E-state index contributed by atoms with van der Waals surface area (Å²) in [6.07, 6.45) is -5.42. The molecular weight excluding hydrogens is 388 g/mol. The molecule has 10 heteroatoms. The Balaban J connectivity index is 1.77. The van der Waals surface area contributed by atoms with Crippen molar-refractivity contribution in [1.82, 2.24) is 0 Å². The highest BCUT2D eigenvalue weighted by atomic mass is 16.7. The molecular formula is C19H36O10. The molecule has 0 amide bonds. The molecule has 0 aliphatic carbocycles. The molecule has 0 aromatic carbocycles. The summed E-state index contributed by atoms with van der Waals surface area (Å²) in [5.41, 5.74) is 0. The molecule has 0 spiro atoms. The molecule has 2 fully saturated rings. The van der Waals surface area contributed by atoms with Gasteiger partial charge in [-0.1, -0.05) is 39.0 Å². The van der Waals surface area contributed by atoms with Crippen LogP contribution in [0.15, 0.2) is 0 Å². The first-order chi connectivity index (χ1) is 13.9. The standard InChI is InChI=1S/C19H36O10/c1-2-3-4-5-6-7-8-26-19-17(25)15(23)14(22)12(29-19)10-28-18-16(24)13(21)11(20)9-27-18/h11-25H,2-10H2,1H3/t11-,12-,13+,14-,15+,16-,17-,18+,19-/m1/s1. The van der Waals surface area contributed by atoms with Crippen LogP contribution in [0.5, 0.6) is 0 Å². The van der Waals surface area contributed by atoms with Gasteiger partial charge in [-0.2, -0.15) is 0 Å². The van der Waals surface area contributed by atoms with E-state index in [0.717, 1.165) is 19.3 Å². The largest absolute Gasteiger partial charge is 0.388 e. The van der Waals surface area contributed by atoms with Crippen LogP contribution in [0.25, 0.3) is 0 Å². The van der Waals surface area contributed by atoms with Crippen LogP contribution in [0.2, 0.25) is 0 Å². The maximum absolute atomic E-state index is 10.1. The van der Waals surface area contributed by atoms with Crippen molar-refractivity contribution in [1.29, 1.82) is 0 Å². The van der Waals surface area contributed by atoms with Crippen molar-refractivity contribution in [2.45, 2.75) is 101 Å². The lowest BCUT2D eigenvalue weighted by Gasteiger charge is -2.41. The quantitative estimate of drug-likeness (QED) is 0.218. The second-order valence-corrected chi connectivity index (χ2v) is 7.74. The minimum atomic E-state index is -1.49. The molecule has 172 valence electrons. The fraction of sp³-hybridized carbons (Fsp3) is 1.00. The number of hydrogen-bond donors (Lipinski definition) is 6. The van der Waals surface area contributed by atoms with Gasteiger partial charge in [-0.25, -0.2) is 0 Å². The van der Waals surface area contributed by atoms with E-state index in [9.17, 15) is 30.6 Å². The first-order valence-corrected chi connectivity index (χ1v) is 10.5. The average Bonchev–Trinajstić information content (AvgIpc) is 2.71. The van der Waals surface area contributed by atoms with E-state index in [1.54, 1.807) is 0 Å². The highest BCUT2D eigenvalue weighted by Gasteiger charge is 2.45. The maximum Gasteiger partial charge on any atom is 0.186 e. The summed E-state index contributed by atoms with van der Waals surface area (Å²) in [4.78, 5) is 0. The number of aliphatic hydroxyl groups excluding tert-OH is 6. The van der Waals surface area contributed by atoms with Crippen molar-refractivity contribution < 1.29 is 49.6 Å². The minimum Gasteiger partial charge on any atom is -0.388 e. The third kappa shape index (κ3) is 7.06. The summed E-state index contributed by atoms with van der Waals surface area (Å²) in [7, 11) is 0. The first kappa shape index (κ1) is 24.9. The van der Waals surface area contributed by atoms with E-state index in [0.29, 0.717) is 6.61 Å². The molecule has 0 aromatic rings. The molecule has 29 heavy (non-hydrogen) atoms. The van der Waals surface area contributed by atoms with Crippen LogP contribution < -0.4 is 0 Å². The Morgan fingerprint density at radius 3 is 2.10 bits per heavy atom. The van der Waals surface area contributed by atoms with Crippen molar-refractivity contribution in [3.63, 3.8) is 0 Å². The van der Waals surface area contributed by atoms with Gasteiger partial charge in [-0.05, 0) is 6.42 Å². The highest BCUT2D eigenvalue weighted by Crippen LogP contribution is 2.24. The topological polar surface area (TPSA) is 158 Å². The van der Waals surface area contributed by atoms with Gasteiger partial charge >= 0.3 is 0 Å². The van der Waals surface area contributed by atoms with Gasteiger partial charge in [-0.15, -0.1) is 0 Å². The Morgan fingerprint density at radius 1 is 0.724 bits per heavy atom. The number of aliphatic hydroxyl groups is 6. The third-order valence-corrected chi connectivity index (χ3v) is 5.33. The lowest BCUT2D eigenvalue weighted by Crippen LogP contribution is -2.60. The molecule has 2 aliphatic rings. The molecule has 2 rings (SSSR count). The number of unbranched alkanes of at least 4 members (excludes halogenated alkanes) is 5. The van der Waals surface area contributed by atoms with Gasteiger partial charge in [0.05, 0.1) is 13.2 Å². The zero-order valence-electron chi connectivity index (χ0n) is 16.9. The van der Waals surface area contributed by atoms with E-state index in [1.165, 1.54) is 19.3 Å². The fourth-order valence-electron chi connectivity index (χ4n) is 3.39. The van der Waals surface area contributed by atoms with E-state index < -0.39 is 55.3 Å². The van der Waals surface area contributed by atoms with Gasteiger partial charge in [0, 0.05) is 6.61 Å². The van der Waals surface area contributed by atoms with Crippen molar-refractivity contribution in [2.75, 3.05) is 19.8 Å². The summed E-state index contributed by atoms with van der Waals surface area (Å²) in [5, 5.41) is 59.3. The van der Waals surface area contributed by atoms with Gasteiger partial charge < -0.3 is 49.6 Å². The molecule has 0 saturated carbocycles. The Labute approximate surface area is 171 Å². The second kappa shape index (κ2) is 12.5. The zero-order valence-corrected chi connectivity index (χ0v) is 16.9. The molecule has 9 atom stereocenters. The highest BCUT2D eigenvalue weighted by molar-refractivity contribution is 4.90. The van der Waals surface area contributed by atoms with E-state index in [-0.39, 0.29) is 13.2 Å². The van der Waals surface area contributed by atoms with Crippen LogP contribution in [-0.4, -0.2) is 106 Å². The van der Waals surface area contributed by atoms with Gasteiger partial charge in [0.1, 0.15) is 42.7 Å². The van der Waals surface area contributed by atoms with Crippen LogP contribution in [0.3, 0.4) is 0 Å². The molecule has 10 nitrogen and oxygen atoms in total. The molecule has 2 heterocycles. The first-order valence-electron chi connectivity index (χ1n) is 10.5. The average molecular weight is 424 g/mol. The van der Waals surface area contributed by atoms with Crippen LogP contribution in [0, 0.1) is 0 Å². The summed E-state index contributed by atoms with van der Waals surface area (Å²) in [5.74, 6) is 0. The van der Waals surface area contributed by atoms with Crippen molar-refractivity contribution in [3.05, 3.63) is 0 Å². The third-order valence-electron chi connectivity index (χ3n) is 5.33. The molecule has 6 N–H and O–H groups in total. The smallest absolute Gasteiger partial charge is 0.186 e. The van der Waals surface area contributed by atoms with Crippen molar-refractivity contribution in [2.24, 2.45) is 0 Å². The predicted octanol–water partition coefficient (Wildman–Crippen LogP) is -1.37. The summed E-state index contributed by atoms with van der Waals surface area (Å²) in [6, 6.07) is 0. The van der Waals surface area contributed by atoms with Gasteiger partial charge in [0.25, 0.3) is 0 Å². The molecule has 2 aliphatic heterocycles. The summed E-state index contributed by atoms with van der Waals surface area (Å²) < 4.78 is 21.6. The van der Waals surface area contributed by atoms with Crippen molar-refractivity contribution >= 4 is 0 Å². The number of rotatable bonds is 11. The van der Waals surface area contributed by atoms with E-state index in [4.69, 9.17) is 18.9 Å². The van der Waals surface area contributed by atoms with E-state index in [2.05, 4.69) is 6.92 Å². The lowest BCUT2D eigenvalue weighted by molar-refractivity contribution is -0.320. The van der Waals surface area contributed by atoms with Gasteiger partial charge in [0.15, 0.2) is 12.6 Å². The zero-order chi connectivity index (χ0) is 21.4. The van der Waals surface area contributed by atoms with E-state index in [1.807, 2.05) is 0 Å². The molecule has 0 radical (unpaired) electrons. The summed E-state index contributed by atoms with van der Waals surface area (Å²) >= 11 is 0. The van der Waals surface area contributed by atoms with Gasteiger partial charge in [-0.3, -0.25) is 0 Å². The molecule has 0 unspecified atom stereocenters. The number of hydrogen-bond acceptors (Lipinski definition) is 10. The Hall–Kier alpha value is -0.400. The molecule has 2 saturated heterocycles. The van der Waals surface area contributed by atoms with Crippen molar-refractivity contribution in [3.8, 4) is 0 Å². The molecule has 0 bridgehead atoms. The Morgan fingerprint density at radius 2 is 1.38 bits per heavy atom. The SMILES string of the molecule is CCCCCCCCO[C@@H]1O[C@H](CO[C@@H]2OC[C@@H](O)[C@H](O)[C@H]2O)[C@@H](O)[C@H](O)[C@H]1O. The fourth-order valence-corrected chi connectivity index (χ4v) is 3.39. The Bertz CT molecular complexity index is 453. The lowest BCUT2D eigenvalue weighted by atomic mass is 9.99. The molecule has 0 aromatic heterocycles. The van der Waals surface area contributed by atoms with Gasteiger partial charge in [0.2, 0.25) is 0 Å². The van der Waals surface area contributed by atoms with E-state index >= 15 is 0 Å². The number of ether oxygens (including phenoxy) is 4. The van der Waals surface area contributed by atoms with Crippen LogP contribution in [0.4, 0.5) is 0 Å².